The molecule has 132 valence electrons. The minimum absolute atomic E-state index is 0.116. The first-order valence-electron chi connectivity index (χ1n) is 8.30. The van der Waals surface area contributed by atoms with Crippen molar-refractivity contribution in [3.8, 4) is 0 Å². The molecule has 0 bridgehead atoms. The van der Waals surface area contributed by atoms with E-state index in [4.69, 9.17) is 4.74 Å². The summed E-state index contributed by atoms with van der Waals surface area (Å²) in [5.41, 5.74) is 6.83. The zero-order valence-corrected chi connectivity index (χ0v) is 14.2. The molecule has 4 N–H and O–H groups in total. The van der Waals surface area contributed by atoms with Gasteiger partial charge in [0.25, 0.3) is 0 Å². The lowest BCUT2D eigenvalue weighted by atomic mass is 10.0. The number of rotatable bonds is 7. The Hall–Kier alpha value is -2.12. The molecule has 24 heavy (non-hydrogen) atoms. The summed E-state index contributed by atoms with van der Waals surface area (Å²) >= 11 is 0. The van der Waals surface area contributed by atoms with Crippen molar-refractivity contribution >= 4 is 12.0 Å². The predicted octanol–water partition coefficient (Wildman–Crippen LogP) is 1.27. The van der Waals surface area contributed by atoms with Gasteiger partial charge in [-0.05, 0) is 24.3 Å². The quantitative estimate of drug-likeness (QED) is 0.603. The molecular formula is C17H26N4O3. The first kappa shape index (κ1) is 18.2. The summed E-state index contributed by atoms with van der Waals surface area (Å²) in [6, 6.07) is 8.81. The zero-order chi connectivity index (χ0) is 17.4. The number of hydrazine groups is 1. The van der Waals surface area contributed by atoms with Gasteiger partial charge in [0.1, 0.15) is 12.6 Å². The summed E-state index contributed by atoms with van der Waals surface area (Å²) in [5, 5.41) is 5.55. The molecule has 7 heteroatoms. The summed E-state index contributed by atoms with van der Waals surface area (Å²) in [5.74, 6) is 0.0615. The second-order valence-electron chi connectivity index (χ2n) is 6.31. The van der Waals surface area contributed by atoms with Gasteiger partial charge < -0.3 is 15.4 Å². The maximum Gasteiger partial charge on any atom is 0.408 e. The van der Waals surface area contributed by atoms with Crippen molar-refractivity contribution in [1.29, 1.82) is 0 Å². The van der Waals surface area contributed by atoms with Crippen LogP contribution in [0.3, 0.4) is 0 Å². The molecule has 1 aliphatic heterocycles. The molecule has 1 unspecified atom stereocenters. The van der Waals surface area contributed by atoms with Gasteiger partial charge in [0.05, 0.1) is 6.17 Å². The average molecular weight is 334 g/mol. The number of ether oxygens (including phenoxy) is 1. The Morgan fingerprint density at radius 2 is 2.04 bits per heavy atom. The lowest BCUT2D eigenvalue weighted by molar-refractivity contribution is -0.124. The van der Waals surface area contributed by atoms with Gasteiger partial charge in [-0.2, -0.15) is 0 Å². The van der Waals surface area contributed by atoms with Gasteiger partial charge in [-0.25, -0.2) is 10.2 Å². The summed E-state index contributed by atoms with van der Waals surface area (Å²) in [6.07, 6.45) is 0.650. The minimum Gasteiger partial charge on any atom is -0.445 e. The van der Waals surface area contributed by atoms with E-state index in [0.29, 0.717) is 6.42 Å². The van der Waals surface area contributed by atoms with Crippen LogP contribution in [0, 0.1) is 5.92 Å². The van der Waals surface area contributed by atoms with Crippen molar-refractivity contribution in [3.05, 3.63) is 35.9 Å². The van der Waals surface area contributed by atoms with Gasteiger partial charge in [-0.3, -0.25) is 10.2 Å². The smallest absolute Gasteiger partial charge is 0.408 e. The third kappa shape index (κ3) is 6.17. The lowest BCUT2D eigenvalue weighted by Crippen LogP contribution is -2.53. The van der Waals surface area contributed by atoms with Crippen LogP contribution in [0.15, 0.2) is 30.3 Å². The number of carbonyl (C=O) groups is 2. The number of hydrogen-bond donors (Lipinski definition) is 4. The van der Waals surface area contributed by atoms with Gasteiger partial charge in [0.2, 0.25) is 5.91 Å². The molecule has 0 saturated carbocycles. The molecule has 0 aliphatic carbocycles. The number of amides is 2. The highest BCUT2D eigenvalue weighted by atomic mass is 16.5. The highest BCUT2D eigenvalue weighted by Gasteiger charge is 2.25. The SMILES string of the molecule is CC(C)CC(NC(=O)OCc1ccccc1)C(=O)N[C@@H]1CCNN1. The molecule has 1 aromatic rings. The Labute approximate surface area is 142 Å². The minimum atomic E-state index is -0.615. The van der Waals surface area contributed by atoms with Gasteiger partial charge in [0.15, 0.2) is 0 Å². The van der Waals surface area contributed by atoms with E-state index in [1.807, 2.05) is 44.2 Å². The van der Waals surface area contributed by atoms with E-state index in [1.165, 1.54) is 0 Å². The van der Waals surface area contributed by atoms with Gasteiger partial charge >= 0.3 is 6.09 Å². The van der Waals surface area contributed by atoms with Crippen LogP contribution in [0.5, 0.6) is 0 Å². The molecule has 0 aromatic heterocycles. The lowest BCUT2D eigenvalue weighted by Gasteiger charge is -2.22. The first-order chi connectivity index (χ1) is 11.5. The van der Waals surface area contributed by atoms with E-state index in [-0.39, 0.29) is 24.6 Å². The summed E-state index contributed by atoms with van der Waals surface area (Å²) in [7, 11) is 0. The van der Waals surface area contributed by atoms with E-state index in [9.17, 15) is 9.59 Å². The van der Waals surface area contributed by atoms with Crippen LogP contribution in [0.4, 0.5) is 4.79 Å². The molecule has 1 aliphatic rings. The van der Waals surface area contributed by atoms with Crippen LogP contribution in [0.1, 0.15) is 32.3 Å². The topological polar surface area (TPSA) is 91.5 Å². The van der Waals surface area contributed by atoms with Crippen molar-refractivity contribution in [1.82, 2.24) is 21.5 Å². The molecule has 2 rings (SSSR count). The van der Waals surface area contributed by atoms with Gasteiger partial charge in [-0.1, -0.05) is 44.2 Å². The zero-order valence-electron chi connectivity index (χ0n) is 14.2. The van der Waals surface area contributed by atoms with E-state index < -0.39 is 12.1 Å². The highest BCUT2D eigenvalue weighted by molar-refractivity contribution is 5.85. The predicted molar refractivity (Wildman–Crippen MR) is 90.7 cm³/mol. The van der Waals surface area contributed by atoms with Crippen molar-refractivity contribution in [2.45, 2.75) is 45.5 Å². The van der Waals surface area contributed by atoms with Crippen molar-refractivity contribution in [2.75, 3.05) is 6.54 Å². The Bertz CT molecular complexity index is 530. The molecular weight excluding hydrogens is 308 g/mol. The fraction of sp³-hybridized carbons (Fsp3) is 0.529. The Morgan fingerprint density at radius 3 is 2.67 bits per heavy atom. The van der Waals surface area contributed by atoms with E-state index in [1.54, 1.807) is 0 Å². The number of hydrogen-bond acceptors (Lipinski definition) is 5. The van der Waals surface area contributed by atoms with Crippen molar-refractivity contribution < 1.29 is 14.3 Å². The molecule has 1 fully saturated rings. The van der Waals surface area contributed by atoms with E-state index in [2.05, 4.69) is 21.5 Å². The normalized spacial score (nSPS) is 18.2. The van der Waals surface area contributed by atoms with Crippen LogP contribution < -0.4 is 21.5 Å². The van der Waals surface area contributed by atoms with Crippen molar-refractivity contribution in [3.63, 3.8) is 0 Å². The third-order valence-corrected chi connectivity index (χ3v) is 3.68. The average Bonchev–Trinajstić information content (AvgIpc) is 3.06. The highest BCUT2D eigenvalue weighted by Crippen LogP contribution is 2.07. The second-order valence-corrected chi connectivity index (χ2v) is 6.31. The number of benzene rings is 1. The Balaban J connectivity index is 1.84. The van der Waals surface area contributed by atoms with Crippen LogP contribution in [0.25, 0.3) is 0 Å². The maximum atomic E-state index is 12.4. The number of alkyl carbamates (subject to hydrolysis) is 1. The molecule has 1 saturated heterocycles. The number of carbonyl (C=O) groups excluding carboxylic acids is 2. The summed E-state index contributed by atoms with van der Waals surface area (Å²) in [4.78, 5) is 24.4. The maximum absolute atomic E-state index is 12.4. The van der Waals surface area contributed by atoms with Crippen LogP contribution in [-0.2, 0) is 16.1 Å². The van der Waals surface area contributed by atoms with Gasteiger partial charge in [0, 0.05) is 6.54 Å². The fourth-order valence-corrected chi connectivity index (χ4v) is 2.47. The second kappa shape index (κ2) is 9.24. The van der Waals surface area contributed by atoms with Crippen LogP contribution in [0.2, 0.25) is 0 Å². The molecule has 1 heterocycles. The molecule has 2 amide bonds. The third-order valence-electron chi connectivity index (χ3n) is 3.68. The fourth-order valence-electron chi connectivity index (χ4n) is 2.47. The molecule has 2 atom stereocenters. The van der Waals surface area contributed by atoms with E-state index >= 15 is 0 Å². The molecule has 7 nitrogen and oxygen atoms in total. The summed E-state index contributed by atoms with van der Waals surface area (Å²) in [6.45, 7) is 4.99. The largest absolute Gasteiger partial charge is 0.445 e. The Kier molecular flexibility index (Phi) is 7.02. The molecule has 1 aromatic carbocycles. The number of nitrogens with one attached hydrogen (secondary N) is 4. The Morgan fingerprint density at radius 1 is 1.29 bits per heavy atom. The monoisotopic (exact) mass is 334 g/mol. The van der Waals surface area contributed by atoms with Crippen LogP contribution >= 0.6 is 0 Å². The van der Waals surface area contributed by atoms with E-state index in [0.717, 1.165) is 18.5 Å². The van der Waals surface area contributed by atoms with Crippen molar-refractivity contribution in [2.24, 2.45) is 5.92 Å². The molecule has 0 radical (unpaired) electrons. The molecule has 0 spiro atoms. The van der Waals surface area contributed by atoms with Crippen LogP contribution in [-0.4, -0.2) is 30.8 Å². The standard InChI is InChI=1S/C17H26N4O3/c1-12(2)10-14(16(22)20-15-8-9-18-21-15)19-17(23)24-11-13-6-4-3-5-7-13/h3-7,12,14-15,18,21H,8-11H2,1-2H3,(H,19,23)(H,20,22)/t14?,15-/m0/s1. The first-order valence-corrected chi connectivity index (χ1v) is 8.30. The summed E-state index contributed by atoms with van der Waals surface area (Å²) < 4.78 is 5.20. The van der Waals surface area contributed by atoms with Gasteiger partial charge in [-0.15, -0.1) is 0 Å².